The van der Waals surface area contributed by atoms with Gasteiger partial charge in [-0.1, -0.05) is 71.2 Å². The first-order chi connectivity index (χ1) is 14.9. The highest BCUT2D eigenvalue weighted by Gasteiger charge is 2.61. The molecule has 1 saturated heterocycles. The quantitative estimate of drug-likeness (QED) is 0.444. The lowest BCUT2D eigenvalue weighted by Gasteiger charge is -2.33. The molecule has 2 amide bonds. The molecule has 3 aromatic rings. The number of rotatable bonds is 3. The monoisotopic (exact) mass is 488 g/mol. The van der Waals surface area contributed by atoms with Gasteiger partial charge in [0, 0.05) is 16.3 Å². The van der Waals surface area contributed by atoms with Crippen molar-refractivity contribution in [2.24, 2.45) is 0 Å². The van der Waals surface area contributed by atoms with Crippen LogP contribution in [0.2, 0.25) is 15.1 Å². The summed E-state index contributed by atoms with van der Waals surface area (Å²) in [5.41, 5.74) is 2.90. The summed E-state index contributed by atoms with van der Waals surface area (Å²) in [6, 6.07) is 20.0. The van der Waals surface area contributed by atoms with Crippen LogP contribution in [0.4, 0.5) is 11.4 Å². The van der Waals surface area contributed by atoms with E-state index < -0.39 is 4.87 Å². The van der Waals surface area contributed by atoms with Gasteiger partial charge in [-0.2, -0.15) is 0 Å². The van der Waals surface area contributed by atoms with Crippen molar-refractivity contribution >= 4 is 69.8 Å². The van der Waals surface area contributed by atoms with Gasteiger partial charge in [-0.15, -0.1) is 11.8 Å². The minimum Gasteiger partial charge on any atom is -0.304 e. The van der Waals surface area contributed by atoms with E-state index in [2.05, 4.69) is 0 Å². The fourth-order valence-electron chi connectivity index (χ4n) is 4.13. The lowest BCUT2D eigenvalue weighted by atomic mass is 10.0. The SMILES string of the molecule is O=C1CS[C@@]2(C(=O)N(Cc3ccccc3Cl)c3ccccc32)N1c1ccc(Cl)c(Cl)c1. The fourth-order valence-corrected chi connectivity index (χ4v) is 5.98. The number of nitrogens with zero attached hydrogens (tertiary/aromatic N) is 2. The number of para-hydroxylation sites is 1. The van der Waals surface area contributed by atoms with Crippen molar-refractivity contribution in [2.45, 2.75) is 11.4 Å². The van der Waals surface area contributed by atoms with Crippen LogP contribution in [0.15, 0.2) is 66.7 Å². The van der Waals surface area contributed by atoms with Gasteiger partial charge in [0.2, 0.25) is 10.8 Å². The number of hydrogen-bond acceptors (Lipinski definition) is 3. The van der Waals surface area contributed by atoms with Crippen molar-refractivity contribution in [3.05, 3.63) is 92.9 Å². The van der Waals surface area contributed by atoms with Gasteiger partial charge in [0.1, 0.15) is 0 Å². The smallest absolute Gasteiger partial charge is 0.269 e. The Hall–Kier alpha value is -2.18. The van der Waals surface area contributed by atoms with Gasteiger partial charge < -0.3 is 4.90 Å². The zero-order valence-electron chi connectivity index (χ0n) is 16.0. The molecule has 1 spiro atoms. The Labute approximate surface area is 198 Å². The number of amides is 2. The Kier molecular flexibility index (Phi) is 5.18. The first-order valence-electron chi connectivity index (χ1n) is 9.50. The standard InChI is InChI=1S/C23H15Cl3N2O2S/c24-17-7-3-1-5-14(17)12-27-20-8-4-2-6-16(20)23(22(27)30)28(21(29)13-31-23)15-9-10-18(25)19(26)11-15/h1-11H,12-13H2/t23-/m0/s1. The first kappa shape index (κ1) is 20.7. The third-order valence-corrected chi connectivity index (χ3v) is 8.01. The van der Waals surface area contributed by atoms with Gasteiger partial charge in [0.05, 0.1) is 28.0 Å². The van der Waals surface area contributed by atoms with Crippen LogP contribution < -0.4 is 9.80 Å². The molecule has 0 saturated carbocycles. The number of fused-ring (bicyclic) bond motifs is 2. The summed E-state index contributed by atoms with van der Waals surface area (Å²) in [6.07, 6.45) is 0. The van der Waals surface area contributed by atoms with E-state index in [1.54, 1.807) is 34.1 Å². The predicted molar refractivity (Wildman–Crippen MR) is 127 cm³/mol. The molecule has 8 heteroatoms. The number of carbonyl (C=O) groups excluding carboxylic acids is 2. The molecule has 0 N–H and O–H groups in total. The molecule has 31 heavy (non-hydrogen) atoms. The minimum atomic E-state index is -1.20. The summed E-state index contributed by atoms with van der Waals surface area (Å²) in [7, 11) is 0. The third kappa shape index (κ3) is 3.14. The Morgan fingerprint density at radius 3 is 2.39 bits per heavy atom. The second-order valence-corrected chi connectivity index (χ2v) is 9.65. The molecule has 2 heterocycles. The van der Waals surface area contributed by atoms with Crippen LogP contribution in [0, 0.1) is 0 Å². The second-order valence-electron chi connectivity index (χ2n) is 7.26. The molecule has 0 radical (unpaired) electrons. The maximum atomic E-state index is 14.0. The van der Waals surface area contributed by atoms with Crippen LogP contribution in [0.3, 0.4) is 0 Å². The number of hydrogen-bond donors (Lipinski definition) is 0. The maximum Gasteiger partial charge on any atom is 0.269 e. The summed E-state index contributed by atoms with van der Waals surface area (Å²) in [6.45, 7) is 0.307. The van der Waals surface area contributed by atoms with E-state index in [0.29, 0.717) is 27.3 Å². The van der Waals surface area contributed by atoms with E-state index in [0.717, 1.165) is 16.8 Å². The fraction of sp³-hybridized carbons (Fsp3) is 0.130. The van der Waals surface area contributed by atoms with Crippen molar-refractivity contribution < 1.29 is 9.59 Å². The van der Waals surface area contributed by atoms with Gasteiger partial charge in [-0.3, -0.25) is 14.5 Å². The summed E-state index contributed by atoms with van der Waals surface area (Å²) >= 11 is 20.0. The maximum absolute atomic E-state index is 14.0. The topological polar surface area (TPSA) is 40.6 Å². The molecule has 2 aliphatic heterocycles. The van der Waals surface area contributed by atoms with Crippen molar-refractivity contribution in [3.63, 3.8) is 0 Å². The lowest BCUT2D eigenvalue weighted by molar-refractivity contribution is -0.123. The van der Waals surface area contributed by atoms with Crippen LogP contribution in [0.5, 0.6) is 0 Å². The lowest BCUT2D eigenvalue weighted by Crippen LogP contribution is -2.49. The summed E-state index contributed by atoms with van der Waals surface area (Å²) in [5.74, 6) is -0.165. The van der Waals surface area contributed by atoms with Crippen LogP contribution >= 0.6 is 46.6 Å². The Bertz CT molecular complexity index is 1230. The van der Waals surface area contributed by atoms with Gasteiger partial charge in [-0.05, 0) is 35.9 Å². The molecular formula is C23H15Cl3N2O2S. The molecule has 0 bridgehead atoms. The van der Waals surface area contributed by atoms with E-state index in [9.17, 15) is 9.59 Å². The second kappa shape index (κ2) is 7.75. The molecule has 156 valence electrons. The predicted octanol–water partition coefficient (Wildman–Crippen LogP) is 6.13. The van der Waals surface area contributed by atoms with Crippen molar-refractivity contribution in [1.29, 1.82) is 0 Å². The largest absolute Gasteiger partial charge is 0.304 e. The zero-order chi connectivity index (χ0) is 21.8. The van der Waals surface area contributed by atoms with Crippen LogP contribution in [0.1, 0.15) is 11.1 Å². The highest BCUT2D eigenvalue weighted by atomic mass is 35.5. The van der Waals surface area contributed by atoms with E-state index in [4.69, 9.17) is 34.8 Å². The molecule has 1 atom stereocenters. The number of anilines is 2. The summed E-state index contributed by atoms with van der Waals surface area (Å²) < 4.78 is 0. The normalized spacial score (nSPS) is 20.1. The average molecular weight is 490 g/mol. The molecule has 0 aliphatic carbocycles. The molecule has 0 aromatic heterocycles. The Morgan fingerprint density at radius 1 is 0.871 bits per heavy atom. The van der Waals surface area contributed by atoms with Crippen molar-refractivity contribution in [2.75, 3.05) is 15.6 Å². The molecule has 5 rings (SSSR count). The average Bonchev–Trinajstić information content (AvgIpc) is 3.23. The van der Waals surface area contributed by atoms with Crippen LogP contribution in [-0.4, -0.2) is 17.6 Å². The van der Waals surface area contributed by atoms with E-state index in [1.165, 1.54) is 11.8 Å². The van der Waals surface area contributed by atoms with E-state index >= 15 is 0 Å². The Balaban J connectivity index is 1.66. The highest BCUT2D eigenvalue weighted by Crippen LogP contribution is 2.56. The van der Waals surface area contributed by atoms with E-state index in [1.807, 2.05) is 42.5 Å². The number of thioether (sulfide) groups is 1. The van der Waals surface area contributed by atoms with Gasteiger partial charge in [0.15, 0.2) is 0 Å². The van der Waals surface area contributed by atoms with Crippen molar-refractivity contribution in [3.8, 4) is 0 Å². The molecule has 0 unspecified atom stereocenters. The van der Waals surface area contributed by atoms with Gasteiger partial charge in [-0.25, -0.2) is 0 Å². The zero-order valence-corrected chi connectivity index (χ0v) is 19.1. The number of benzene rings is 3. The van der Waals surface area contributed by atoms with E-state index in [-0.39, 0.29) is 17.6 Å². The highest BCUT2D eigenvalue weighted by molar-refractivity contribution is 8.02. The number of carbonyl (C=O) groups is 2. The van der Waals surface area contributed by atoms with Gasteiger partial charge >= 0.3 is 0 Å². The first-order valence-corrected chi connectivity index (χ1v) is 11.6. The summed E-state index contributed by atoms with van der Waals surface area (Å²) in [4.78, 5) is 29.1. The molecule has 2 aliphatic rings. The molecule has 3 aromatic carbocycles. The van der Waals surface area contributed by atoms with Crippen molar-refractivity contribution in [1.82, 2.24) is 0 Å². The molecular weight excluding hydrogens is 475 g/mol. The van der Waals surface area contributed by atoms with Crippen LogP contribution in [0.25, 0.3) is 0 Å². The summed E-state index contributed by atoms with van der Waals surface area (Å²) in [5, 5.41) is 1.30. The molecule has 4 nitrogen and oxygen atoms in total. The Morgan fingerprint density at radius 2 is 1.61 bits per heavy atom. The van der Waals surface area contributed by atoms with Gasteiger partial charge in [0.25, 0.3) is 5.91 Å². The minimum absolute atomic E-state index is 0.161. The number of halogens is 3. The van der Waals surface area contributed by atoms with Crippen LogP contribution in [-0.2, 0) is 21.0 Å². The third-order valence-electron chi connectivity index (χ3n) is 5.51. The molecule has 1 fully saturated rings.